The highest BCUT2D eigenvalue weighted by atomic mass is 16.5. The van der Waals surface area contributed by atoms with E-state index in [4.69, 9.17) is 4.74 Å². The molecule has 0 aromatic carbocycles. The van der Waals surface area contributed by atoms with Crippen molar-refractivity contribution < 1.29 is 19.1 Å². The van der Waals surface area contributed by atoms with Gasteiger partial charge in [0.2, 0.25) is 5.91 Å². The van der Waals surface area contributed by atoms with Gasteiger partial charge < -0.3 is 15.0 Å². The average Bonchev–Trinajstić information content (AvgIpc) is 3.01. The van der Waals surface area contributed by atoms with Gasteiger partial charge in [0.1, 0.15) is 12.1 Å². The largest absolute Gasteiger partial charge is 0.378 e. The van der Waals surface area contributed by atoms with Crippen molar-refractivity contribution in [3.05, 3.63) is 0 Å². The molecule has 3 rings (SSSR count). The number of urea groups is 1. The molecule has 0 aromatic heterocycles. The van der Waals surface area contributed by atoms with E-state index in [0.717, 1.165) is 17.7 Å². The molecule has 110 valence electrons. The summed E-state index contributed by atoms with van der Waals surface area (Å²) in [7, 11) is 0. The lowest BCUT2D eigenvalue weighted by atomic mass is 9.98. The molecule has 2 saturated heterocycles. The zero-order valence-corrected chi connectivity index (χ0v) is 11.4. The predicted octanol–water partition coefficient (Wildman–Crippen LogP) is -0.290. The molecule has 7 heteroatoms. The minimum Gasteiger partial charge on any atom is -0.378 e. The first-order valence-corrected chi connectivity index (χ1v) is 7.12. The molecule has 3 aliphatic rings. The third-order valence-electron chi connectivity index (χ3n) is 4.36. The van der Waals surface area contributed by atoms with Crippen LogP contribution in [0.2, 0.25) is 0 Å². The molecule has 0 radical (unpaired) electrons. The Morgan fingerprint density at radius 3 is 2.50 bits per heavy atom. The van der Waals surface area contributed by atoms with Crippen LogP contribution in [0.15, 0.2) is 0 Å². The van der Waals surface area contributed by atoms with Crippen LogP contribution in [0.3, 0.4) is 0 Å². The molecule has 0 unspecified atom stereocenters. The van der Waals surface area contributed by atoms with Crippen LogP contribution in [0, 0.1) is 0 Å². The lowest BCUT2D eigenvalue weighted by molar-refractivity contribution is -0.141. The van der Waals surface area contributed by atoms with Gasteiger partial charge in [-0.25, -0.2) is 4.79 Å². The van der Waals surface area contributed by atoms with Gasteiger partial charge in [-0.05, 0) is 12.8 Å². The molecule has 3 fully saturated rings. The molecule has 1 N–H and O–H groups in total. The van der Waals surface area contributed by atoms with Crippen molar-refractivity contribution in [2.45, 2.75) is 31.2 Å². The molecule has 7 nitrogen and oxygen atoms in total. The fraction of sp³-hybridized carbons (Fsp3) is 0.769. The highest BCUT2D eigenvalue weighted by Gasteiger charge is 2.52. The second-order valence-corrected chi connectivity index (χ2v) is 5.60. The van der Waals surface area contributed by atoms with Gasteiger partial charge in [-0.2, -0.15) is 0 Å². The number of ether oxygens (including phenoxy) is 1. The zero-order valence-electron chi connectivity index (χ0n) is 11.4. The van der Waals surface area contributed by atoms with Crippen molar-refractivity contribution in [2.24, 2.45) is 0 Å². The second kappa shape index (κ2) is 5.05. The second-order valence-electron chi connectivity index (χ2n) is 5.60. The summed E-state index contributed by atoms with van der Waals surface area (Å²) in [5.41, 5.74) is -0.734. The molecule has 0 bridgehead atoms. The van der Waals surface area contributed by atoms with E-state index in [2.05, 4.69) is 5.32 Å². The summed E-state index contributed by atoms with van der Waals surface area (Å²) in [5, 5.41) is 2.78. The quantitative estimate of drug-likeness (QED) is 0.705. The van der Waals surface area contributed by atoms with Crippen LogP contribution in [-0.2, 0) is 14.3 Å². The number of nitrogens with zero attached hydrogens (tertiary/aromatic N) is 2. The number of nitrogens with one attached hydrogen (secondary N) is 1. The van der Waals surface area contributed by atoms with E-state index in [-0.39, 0.29) is 18.4 Å². The van der Waals surface area contributed by atoms with Crippen LogP contribution in [0.4, 0.5) is 4.79 Å². The Morgan fingerprint density at radius 1 is 1.20 bits per heavy atom. The van der Waals surface area contributed by atoms with E-state index in [1.54, 1.807) is 4.90 Å². The van der Waals surface area contributed by atoms with Crippen molar-refractivity contribution in [2.75, 3.05) is 32.8 Å². The van der Waals surface area contributed by atoms with E-state index in [9.17, 15) is 14.4 Å². The first kappa shape index (κ1) is 13.4. The summed E-state index contributed by atoms with van der Waals surface area (Å²) >= 11 is 0. The summed E-state index contributed by atoms with van der Waals surface area (Å²) < 4.78 is 5.18. The van der Waals surface area contributed by atoms with Gasteiger partial charge in [0.15, 0.2) is 0 Å². The lowest BCUT2D eigenvalue weighted by Gasteiger charge is -2.28. The summed E-state index contributed by atoms with van der Waals surface area (Å²) in [5.74, 6) is -0.423. The number of carbonyl (C=O) groups excluding carboxylic acids is 3. The molecular weight excluding hydrogens is 262 g/mol. The van der Waals surface area contributed by atoms with Gasteiger partial charge in [-0.15, -0.1) is 0 Å². The van der Waals surface area contributed by atoms with Gasteiger partial charge in [0, 0.05) is 13.1 Å². The van der Waals surface area contributed by atoms with E-state index in [0.29, 0.717) is 39.1 Å². The van der Waals surface area contributed by atoms with Crippen LogP contribution in [0.5, 0.6) is 0 Å². The van der Waals surface area contributed by atoms with Crippen LogP contribution in [0.25, 0.3) is 0 Å². The Balaban J connectivity index is 1.66. The van der Waals surface area contributed by atoms with Gasteiger partial charge in [0.25, 0.3) is 5.91 Å². The van der Waals surface area contributed by atoms with Gasteiger partial charge in [-0.1, -0.05) is 12.8 Å². The maximum atomic E-state index is 12.4. The number of rotatable bonds is 2. The van der Waals surface area contributed by atoms with E-state index < -0.39 is 11.6 Å². The minimum absolute atomic E-state index is 0.160. The third kappa shape index (κ3) is 2.15. The van der Waals surface area contributed by atoms with Gasteiger partial charge in [-0.3, -0.25) is 14.5 Å². The normalized spacial score (nSPS) is 25.4. The first-order valence-electron chi connectivity index (χ1n) is 7.12. The standard InChI is InChI=1S/C13H19N3O4/c17-10(15-5-7-20-8-6-15)9-16-11(18)13(14-12(16)19)3-1-2-4-13/h1-9H2,(H,14,19). The molecular formula is C13H19N3O4. The van der Waals surface area contributed by atoms with Gasteiger partial charge >= 0.3 is 6.03 Å². The SMILES string of the molecule is O=C(CN1C(=O)NC2(CCCC2)C1=O)N1CCOCC1. The Morgan fingerprint density at radius 2 is 1.85 bits per heavy atom. The molecule has 20 heavy (non-hydrogen) atoms. The summed E-state index contributed by atoms with van der Waals surface area (Å²) in [4.78, 5) is 39.2. The van der Waals surface area contributed by atoms with E-state index in [1.807, 2.05) is 0 Å². The number of morpholine rings is 1. The van der Waals surface area contributed by atoms with Gasteiger partial charge in [0.05, 0.1) is 13.2 Å². The molecule has 1 spiro atoms. The fourth-order valence-corrected chi connectivity index (χ4v) is 3.19. The van der Waals surface area contributed by atoms with E-state index >= 15 is 0 Å². The maximum Gasteiger partial charge on any atom is 0.325 e. The van der Waals surface area contributed by atoms with Crippen molar-refractivity contribution in [3.8, 4) is 0 Å². The predicted molar refractivity (Wildman–Crippen MR) is 68.8 cm³/mol. The average molecular weight is 281 g/mol. The molecule has 1 saturated carbocycles. The zero-order chi connectivity index (χ0) is 14.2. The Labute approximate surface area is 117 Å². The van der Waals surface area contributed by atoms with Crippen LogP contribution >= 0.6 is 0 Å². The Bertz CT molecular complexity index is 439. The Hall–Kier alpha value is -1.63. The number of hydrogen-bond acceptors (Lipinski definition) is 4. The number of carbonyl (C=O) groups is 3. The monoisotopic (exact) mass is 281 g/mol. The molecule has 2 heterocycles. The number of hydrogen-bond donors (Lipinski definition) is 1. The van der Waals surface area contributed by atoms with Crippen molar-refractivity contribution in [3.63, 3.8) is 0 Å². The van der Waals surface area contributed by atoms with Crippen LogP contribution < -0.4 is 5.32 Å². The van der Waals surface area contributed by atoms with Crippen molar-refractivity contribution >= 4 is 17.8 Å². The number of imide groups is 1. The lowest BCUT2D eigenvalue weighted by Crippen LogP contribution is -2.48. The molecule has 4 amide bonds. The van der Waals surface area contributed by atoms with E-state index in [1.165, 1.54) is 0 Å². The highest BCUT2D eigenvalue weighted by molar-refractivity contribution is 6.09. The molecule has 1 aliphatic carbocycles. The topological polar surface area (TPSA) is 79.0 Å². The van der Waals surface area contributed by atoms with Crippen molar-refractivity contribution in [1.29, 1.82) is 0 Å². The molecule has 0 atom stereocenters. The third-order valence-corrected chi connectivity index (χ3v) is 4.36. The van der Waals surface area contributed by atoms with Crippen LogP contribution in [-0.4, -0.2) is 66.0 Å². The summed E-state index contributed by atoms with van der Waals surface area (Å²) in [6.45, 7) is 1.90. The summed E-state index contributed by atoms with van der Waals surface area (Å²) in [6.07, 6.45) is 3.24. The fourth-order valence-electron chi connectivity index (χ4n) is 3.19. The number of amides is 4. The van der Waals surface area contributed by atoms with Crippen molar-refractivity contribution in [1.82, 2.24) is 15.1 Å². The minimum atomic E-state index is -0.734. The first-order chi connectivity index (χ1) is 9.62. The highest BCUT2D eigenvalue weighted by Crippen LogP contribution is 2.34. The van der Waals surface area contributed by atoms with Crippen LogP contribution in [0.1, 0.15) is 25.7 Å². The molecule has 0 aromatic rings. The maximum absolute atomic E-state index is 12.4. The Kier molecular flexibility index (Phi) is 3.37. The molecule has 2 aliphatic heterocycles. The smallest absolute Gasteiger partial charge is 0.325 e. The summed E-state index contributed by atoms with van der Waals surface area (Å²) in [6, 6.07) is -0.432.